The van der Waals surface area contributed by atoms with Crippen LogP contribution in [0.4, 0.5) is 4.79 Å². The molecule has 0 saturated carbocycles. The summed E-state index contributed by atoms with van der Waals surface area (Å²) >= 11 is 0. The number of hydrogen-bond acceptors (Lipinski definition) is 3. The van der Waals surface area contributed by atoms with Crippen LogP contribution >= 0.6 is 0 Å². The minimum Gasteiger partial charge on any atom is -0.481 e. The molecule has 6 heteroatoms. The van der Waals surface area contributed by atoms with Crippen molar-refractivity contribution < 1.29 is 14.7 Å². The number of carboxylic acids is 1. The van der Waals surface area contributed by atoms with Crippen LogP contribution in [0.1, 0.15) is 50.6 Å². The van der Waals surface area contributed by atoms with Gasteiger partial charge in [0.15, 0.2) is 0 Å². The van der Waals surface area contributed by atoms with E-state index in [4.69, 9.17) is 5.11 Å². The van der Waals surface area contributed by atoms with Gasteiger partial charge in [-0.2, -0.15) is 0 Å². The van der Waals surface area contributed by atoms with E-state index in [1.54, 1.807) is 12.4 Å². The van der Waals surface area contributed by atoms with Crippen molar-refractivity contribution >= 4 is 12.0 Å². The third-order valence-electron chi connectivity index (χ3n) is 3.16. The molecule has 1 heterocycles. The van der Waals surface area contributed by atoms with Crippen molar-refractivity contribution in [2.45, 2.75) is 45.1 Å². The van der Waals surface area contributed by atoms with E-state index in [2.05, 4.69) is 15.6 Å². The van der Waals surface area contributed by atoms with Gasteiger partial charge in [-0.1, -0.05) is 12.8 Å². The maximum Gasteiger partial charge on any atom is 0.315 e. The average Bonchev–Trinajstić information content (AvgIpc) is 2.46. The predicted octanol–water partition coefficient (Wildman–Crippen LogP) is 2.48. The van der Waals surface area contributed by atoms with Crippen molar-refractivity contribution in [2.24, 2.45) is 0 Å². The molecule has 6 nitrogen and oxygen atoms in total. The Labute approximate surface area is 125 Å². The molecule has 0 aromatic carbocycles. The van der Waals surface area contributed by atoms with Crippen LogP contribution in [-0.4, -0.2) is 28.6 Å². The van der Waals surface area contributed by atoms with E-state index in [0.29, 0.717) is 13.0 Å². The maximum atomic E-state index is 11.7. The molecule has 0 aliphatic heterocycles. The first-order valence-corrected chi connectivity index (χ1v) is 7.25. The second kappa shape index (κ2) is 9.74. The molecular weight excluding hydrogens is 270 g/mol. The van der Waals surface area contributed by atoms with Crippen LogP contribution in [0.15, 0.2) is 24.5 Å². The highest BCUT2D eigenvalue weighted by molar-refractivity contribution is 5.74. The first-order chi connectivity index (χ1) is 10.1. The van der Waals surface area contributed by atoms with Gasteiger partial charge in [-0.25, -0.2) is 4.79 Å². The number of hydrogen-bond donors (Lipinski definition) is 3. The number of rotatable bonds is 9. The van der Waals surface area contributed by atoms with E-state index in [9.17, 15) is 9.59 Å². The van der Waals surface area contributed by atoms with Crippen LogP contribution < -0.4 is 10.6 Å². The van der Waals surface area contributed by atoms with Crippen LogP contribution in [0.25, 0.3) is 0 Å². The van der Waals surface area contributed by atoms with Gasteiger partial charge in [-0.05, 0) is 37.5 Å². The van der Waals surface area contributed by atoms with E-state index < -0.39 is 5.97 Å². The Balaban J connectivity index is 2.07. The highest BCUT2D eigenvalue weighted by Gasteiger charge is 2.08. The smallest absolute Gasteiger partial charge is 0.315 e. The van der Waals surface area contributed by atoms with Gasteiger partial charge < -0.3 is 15.7 Å². The van der Waals surface area contributed by atoms with Crippen LogP contribution in [0.3, 0.4) is 0 Å². The predicted molar refractivity (Wildman–Crippen MR) is 79.9 cm³/mol. The lowest BCUT2D eigenvalue weighted by Gasteiger charge is -2.14. The van der Waals surface area contributed by atoms with Crippen molar-refractivity contribution in [1.29, 1.82) is 0 Å². The first-order valence-electron chi connectivity index (χ1n) is 7.25. The molecule has 0 aliphatic carbocycles. The zero-order chi connectivity index (χ0) is 15.5. The fourth-order valence-corrected chi connectivity index (χ4v) is 1.94. The molecule has 1 aromatic rings. The maximum absolute atomic E-state index is 11.7. The molecule has 2 amide bonds. The number of pyridine rings is 1. The van der Waals surface area contributed by atoms with E-state index in [1.165, 1.54) is 0 Å². The third kappa shape index (κ3) is 7.91. The second-order valence-electron chi connectivity index (χ2n) is 4.96. The summed E-state index contributed by atoms with van der Waals surface area (Å²) in [6.45, 7) is 2.52. The number of nitrogens with one attached hydrogen (secondary N) is 2. The molecule has 1 rings (SSSR count). The van der Waals surface area contributed by atoms with Gasteiger partial charge in [0.1, 0.15) is 0 Å². The van der Waals surface area contributed by atoms with Crippen molar-refractivity contribution in [3.63, 3.8) is 0 Å². The normalized spacial score (nSPS) is 11.7. The largest absolute Gasteiger partial charge is 0.481 e. The first kappa shape index (κ1) is 16.9. The van der Waals surface area contributed by atoms with Crippen molar-refractivity contribution in [2.75, 3.05) is 6.54 Å². The van der Waals surface area contributed by atoms with E-state index >= 15 is 0 Å². The summed E-state index contributed by atoms with van der Waals surface area (Å²) in [5.41, 5.74) is 1.01. The Morgan fingerprint density at radius 2 is 1.86 bits per heavy atom. The number of unbranched alkanes of at least 4 members (excludes halogenated alkanes) is 3. The average molecular weight is 293 g/mol. The Morgan fingerprint density at radius 1 is 1.19 bits per heavy atom. The summed E-state index contributed by atoms with van der Waals surface area (Å²) in [5.74, 6) is -0.752. The molecule has 1 unspecified atom stereocenters. The molecule has 0 bridgehead atoms. The Bertz CT molecular complexity index is 437. The minimum absolute atomic E-state index is 0.0661. The van der Waals surface area contributed by atoms with E-state index in [0.717, 1.165) is 24.8 Å². The van der Waals surface area contributed by atoms with Crippen LogP contribution in [0.5, 0.6) is 0 Å². The number of aliphatic carboxylic acids is 1. The summed E-state index contributed by atoms with van der Waals surface area (Å²) in [7, 11) is 0. The van der Waals surface area contributed by atoms with Crippen LogP contribution in [-0.2, 0) is 4.79 Å². The topological polar surface area (TPSA) is 91.3 Å². The SMILES string of the molecule is CC(NC(=O)NCCCCCCC(=O)O)c1ccncc1. The zero-order valence-electron chi connectivity index (χ0n) is 12.3. The van der Waals surface area contributed by atoms with Crippen molar-refractivity contribution in [1.82, 2.24) is 15.6 Å². The number of carbonyl (C=O) groups excluding carboxylic acids is 1. The molecule has 3 N–H and O–H groups in total. The number of nitrogens with zero attached hydrogens (tertiary/aromatic N) is 1. The van der Waals surface area contributed by atoms with Gasteiger partial charge >= 0.3 is 12.0 Å². The van der Waals surface area contributed by atoms with Crippen LogP contribution in [0, 0.1) is 0 Å². The lowest BCUT2D eigenvalue weighted by molar-refractivity contribution is -0.137. The highest BCUT2D eigenvalue weighted by Crippen LogP contribution is 2.09. The molecule has 0 fully saturated rings. The summed E-state index contributed by atoms with van der Waals surface area (Å²) in [6, 6.07) is 3.48. The highest BCUT2D eigenvalue weighted by atomic mass is 16.4. The quantitative estimate of drug-likeness (QED) is 0.610. The summed E-state index contributed by atoms with van der Waals surface area (Å²) < 4.78 is 0. The van der Waals surface area contributed by atoms with Crippen molar-refractivity contribution in [3.05, 3.63) is 30.1 Å². The number of aromatic nitrogens is 1. The fraction of sp³-hybridized carbons (Fsp3) is 0.533. The van der Waals surface area contributed by atoms with Gasteiger partial charge in [0.25, 0.3) is 0 Å². The van der Waals surface area contributed by atoms with E-state index in [-0.39, 0.29) is 18.5 Å². The van der Waals surface area contributed by atoms with Gasteiger partial charge in [0, 0.05) is 25.4 Å². The summed E-state index contributed by atoms with van der Waals surface area (Å²) in [6.07, 6.45) is 6.97. The van der Waals surface area contributed by atoms with Gasteiger partial charge in [-0.15, -0.1) is 0 Å². The number of urea groups is 1. The minimum atomic E-state index is -0.752. The number of carbonyl (C=O) groups is 2. The molecule has 1 atom stereocenters. The lowest BCUT2D eigenvalue weighted by atomic mass is 10.1. The van der Waals surface area contributed by atoms with Crippen LogP contribution in [0.2, 0.25) is 0 Å². The standard InChI is InChI=1S/C15H23N3O3/c1-12(13-7-10-16-11-8-13)18-15(21)17-9-5-3-2-4-6-14(19)20/h7-8,10-12H,2-6,9H2,1H3,(H,19,20)(H2,17,18,21). The van der Waals surface area contributed by atoms with Gasteiger partial charge in [0.2, 0.25) is 0 Å². The number of amides is 2. The Kier molecular flexibility index (Phi) is 7.86. The lowest BCUT2D eigenvalue weighted by Crippen LogP contribution is -2.37. The molecule has 0 saturated heterocycles. The Hall–Kier alpha value is -2.11. The van der Waals surface area contributed by atoms with E-state index in [1.807, 2.05) is 19.1 Å². The number of carboxylic acid groups (broad SMARTS) is 1. The second-order valence-corrected chi connectivity index (χ2v) is 4.96. The molecule has 21 heavy (non-hydrogen) atoms. The molecule has 1 aromatic heterocycles. The fourth-order valence-electron chi connectivity index (χ4n) is 1.94. The molecule has 0 radical (unpaired) electrons. The molecule has 116 valence electrons. The molecular formula is C15H23N3O3. The van der Waals surface area contributed by atoms with Gasteiger partial charge in [0.05, 0.1) is 6.04 Å². The Morgan fingerprint density at radius 3 is 2.52 bits per heavy atom. The molecule has 0 spiro atoms. The summed E-state index contributed by atoms with van der Waals surface area (Å²) in [5, 5.41) is 14.2. The van der Waals surface area contributed by atoms with Gasteiger partial charge in [-0.3, -0.25) is 9.78 Å². The third-order valence-corrected chi connectivity index (χ3v) is 3.16. The molecule has 0 aliphatic rings. The summed E-state index contributed by atoms with van der Waals surface area (Å²) in [4.78, 5) is 26.0. The monoisotopic (exact) mass is 293 g/mol. The zero-order valence-corrected chi connectivity index (χ0v) is 12.3. The van der Waals surface area contributed by atoms with Crippen molar-refractivity contribution in [3.8, 4) is 0 Å².